The lowest BCUT2D eigenvalue weighted by Gasteiger charge is -2.14. The van der Waals surface area contributed by atoms with Gasteiger partial charge in [-0.1, -0.05) is 42.7 Å². The molecule has 1 aliphatic rings. The number of nitrogens with one attached hydrogen (secondary N) is 1. The van der Waals surface area contributed by atoms with Crippen molar-refractivity contribution < 1.29 is 13.5 Å². The van der Waals surface area contributed by atoms with Crippen molar-refractivity contribution in [3.63, 3.8) is 0 Å². The molecule has 0 bridgehead atoms. The summed E-state index contributed by atoms with van der Waals surface area (Å²) in [4.78, 5) is 15.1. The van der Waals surface area contributed by atoms with Crippen molar-refractivity contribution in [2.45, 2.75) is 43.9 Å². The van der Waals surface area contributed by atoms with Gasteiger partial charge in [-0.2, -0.15) is 0 Å². The molecule has 1 fully saturated rings. The first-order valence-corrected chi connectivity index (χ1v) is 11.9. The Morgan fingerprint density at radius 3 is 2.59 bits per heavy atom. The van der Waals surface area contributed by atoms with E-state index in [0.29, 0.717) is 17.2 Å². The van der Waals surface area contributed by atoms with Gasteiger partial charge in [0.1, 0.15) is 0 Å². The van der Waals surface area contributed by atoms with Crippen molar-refractivity contribution in [2.24, 2.45) is 5.92 Å². The van der Waals surface area contributed by atoms with Crippen LogP contribution in [0.1, 0.15) is 48.9 Å². The summed E-state index contributed by atoms with van der Waals surface area (Å²) >= 11 is 6.36. The highest BCUT2D eigenvalue weighted by molar-refractivity contribution is 7.91. The molecular formula is C22H26ClNO4S. The lowest BCUT2D eigenvalue weighted by Crippen LogP contribution is -2.12. The van der Waals surface area contributed by atoms with Gasteiger partial charge < -0.3 is 10.1 Å². The maximum atomic E-state index is 12.5. The van der Waals surface area contributed by atoms with Crippen LogP contribution >= 0.6 is 11.6 Å². The number of H-pyrrole nitrogens is 1. The number of allylic oxidation sites excluding steroid dienone is 1. The van der Waals surface area contributed by atoms with Crippen LogP contribution in [0.15, 0.2) is 46.1 Å². The number of aryl methyl sites for hydroxylation is 1. The minimum absolute atomic E-state index is 0.0639. The van der Waals surface area contributed by atoms with Crippen LogP contribution in [0.4, 0.5) is 0 Å². The molecule has 1 aromatic carbocycles. The lowest BCUT2D eigenvalue weighted by atomic mass is 9.96. The zero-order valence-electron chi connectivity index (χ0n) is 16.4. The van der Waals surface area contributed by atoms with Gasteiger partial charge >= 0.3 is 0 Å². The molecule has 1 aromatic heterocycles. The van der Waals surface area contributed by atoms with Gasteiger partial charge in [0.2, 0.25) is 0 Å². The van der Waals surface area contributed by atoms with Gasteiger partial charge in [0.25, 0.3) is 5.56 Å². The van der Waals surface area contributed by atoms with Crippen LogP contribution in [0.2, 0.25) is 5.02 Å². The molecule has 0 spiro atoms. The summed E-state index contributed by atoms with van der Waals surface area (Å²) < 4.78 is 24.9. The SMILES string of the molecule is Cc1ccc(C(=CC2CCCC2)c2ccc(S(=O)(=O)CCCO)c(Cl)c2)[nH]c1=O. The van der Waals surface area contributed by atoms with Crippen LogP contribution < -0.4 is 5.56 Å². The fraction of sp³-hybridized carbons (Fsp3) is 0.409. The average Bonchev–Trinajstić information content (AvgIpc) is 3.20. The third-order valence-electron chi connectivity index (χ3n) is 5.35. The number of aromatic amines is 1. The number of hydrogen-bond donors (Lipinski definition) is 2. The van der Waals surface area contributed by atoms with Crippen LogP contribution in [-0.4, -0.2) is 30.9 Å². The molecule has 2 N–H and O–H groups in total. The molecule has 156 valence electrons. The number of benzene rings is 1. The maximum absolute atomic E-state index is 12.5. The number of aliphatic hydroxyl groups excluding tert-OH is 1. The number of pyridine rings is 1. The third kappa shape index (κ3) is 5.18. The van der Waals surface area contributed by atoms with E-state index in [4.69, 9.17) is 16.7 Å². The Labute approximate surface area is 176 Å². The normalized spacial score (nSPS) is 15.8. The summed E-state index contributed by atoms with van der Waals surface area (Å²) in [6.07, 6.45) is 6.89. The smallest absolute Gasteiger partial charge is 0.251 e. The van der Waals surface area contributed by atoms with Crippen molar-refractivity contribution in [3.05, 3.63) is 68.6 Å². The molecule has 1 aliphatic carbocycles. The highest BCUT2D eigenvalue weighted by Gasteiger charge is 2.20. The summed E-state index contributed by atoms with van der Waals surface area (Å²) in [7, 11) is -3.56. The zero-order chi connectivity index (χ0) is 21.0. The quantitative estimate of drug-likeness (QED) is 0.684. The molecule has 0 aliphatic heterocycles. The molecule has 1 saturated carbocycles. The molecule has 3 rings (SSSR count). The molecule has 7 heteroatoms. The molecule has 0 amide bonds. The van der Waals surface area contributed by atoms with E-state index in [0.717, 1.165) is 24.0 Å². The van der Waals surface area contributed by atoms with Crippen LogP contribution in [-0.2, 0) is 9.84 Å². The molecule has 0 atom stereocenters. The van der Waals surface area contributed by atoms with E-state index in [1.54, 1.807) is 25.1 Å². The monoisotopic (exact) mass is 435 g/mol. The van der Waals surface area contributed by atoms with Gasteiger partial charge in [-0.15, -0.1) is 0 Å². The van der Waals surface area contributed by atoms with Gasteiger partial charge in [0.05, 0.1) is 15.7 Å². The predicted molar refractivity (Wildman–Crippen MR) is 116 cm³/mol. The minimum Gasteiger partial charge on any atom is -0.396 e. The second kappa shape index (κ2) is 9.28. The van der Waals surface area contributed by atoms with Crippen LogP contribution in [0, 0.1) is 12.8 Å². The first kappa shape index (κ1) is 21.8. The molecule has 0 unspecified atom stereocenters. The van der Waals surface area contributed by atoms with Crippen molar-refractivity contribution in [1.29, 1.82) is 0 Å². The molecular weight excluding hydrogens is 410 g/mol. The van der Waals surface area contributed by atoms with Gasteiger partial charge in [0.15, 0.2) is 9.84 Å². The van der Waals surface area contributed by atoms with E-state index in [1.165, 1.54) is 18.9 Å². The molecule has 2 aromatic rings. The lowest BCUT2D eigenvalue weighted by molar-refractivity contribution is 0.295. The summed E-state index contributed by atoms with van der Waals surface area (Å²) in [5.41, 5.74) is 2.81. The maximum Gasteiger partial charge on any atom is 0.251 e. The summed E-state index contributed by atoms with van der Waals surface area (Å²) in [5.74, 6) is 0.264. The van der Waals surface area contributed by atoms with Crippen LogP contribution in [0.25, 0.3) is 5.57 Å². The number of aliphatic hydroxyl groups is 1. The Balaban J connectivity index is 2.05. The van der Waals surface area contributed by atoms with E-state index in [9.17, 15) is 13.2 Å². The Bertz CT molecular complexity index is 1070. The average molecular weight is 436 g/mol. The molecule has 0 radical (unpaired) electrons. The van der Waals surface area contributed by atoms with E-state index >= 15 is 0 Å². The minimum atomic E-state index is -3.56. The van der Waals surface area contributed by atoms with Crippen LogP contribution in [0.3, 0.4) is 0 Å². The molecule has 29 heavy (non-hydrogen) atoms. The van der Waals surface area contributed by atoms with Crippen molar-refractivity contribution in [1.82, 2.24) is 4.98 Å². The summed E-state index contributed by atoms with van der Waals surface area (Å²) in [6, 6.07) is 8.55. The standard InChI is InChI=1S/C22H26ClNO4S/c1-15-7-9-20(24-22(15)26)18(13-16-5-2-3-6-16)17-8-10-21(19(23)14-17)29(27,28)12-4-11-25/h7-10,13-14,16,25H,2-6,11-12H2,1H3,(H,24,26). The van der Waals surface area contributed by atoms with E-state index in [1.807, 2.05) is 6.07 Å². The fourth-order valence-corrected chi connectivity index (χ4v) is 5.58. The second-order valence-electron chi connectivity index (χ2n) is 7.55. The number of rotatable bonds is 7. The highest BCUT2D eigenvalue weighted by atomic mass is 35.5. The zero-order valence-corrected chi connectivity index (χ0v) is 18.0. The van der Waals surface area contributed by atoms with Crippen molar-refractivity contribution in [3.8, 4) is 0 Å². The van der Waals surface area contributed by atoms with Crippen LogP contribution in [0.5, 0.6) is 0 Å². The Morgan fingerprint density at radius 2 is 1.97 bits per heavy atom. The molecule has 0 saturated heterocycles. The first-order chi connectivity index (χ1) is 13.8. The van der Waals surface area contributed by atoms with Gasteiger partial charge in [-0.3, -0.25) is 4.79 Å². The number of halogens is 1. The van der Waals surface area contributed by atoms with Gasteiger partial charge in [-0.25, -0.2) is 8.42 Å². The Morgan fingerprint density at radius 1 is 1.24 bits per heavy atom. The van der Waals surface area contributed by atoms with E-state index in [2.05, 4.69) is 11.1 Å². The topological polar surface area (TPSA) is 87.2 Å². The number of sulfone groups is 1. The number of hydrogen-bond acceptors (Lipinski definition) is 4. The molecule has 1 heterocycles. The van der Waals surface area contributed by atoms with E-state index < -0.39 is 9.84 Å². The number of aromatic nitrogens is 1. The Hall–Kier alpha value is -1.89. The third-order valence-corrected chi connectivity index (χ3v) is 7.62. The molecule has 5 nitrogen and oxygen atoms in total. The van der Waals surface area contributed by atoms with Gasteiger partial charge in [-0.05, 0) is 55.9 Å². The van der Waals surface area contributed by atoms with Crippen molar-refractivity contribution >= 4 is 27.0 Å². The second-order valence-corrected chi connectivity index (χ2v) is 10.0. The van der Waals surface area contributed by atoms with Crippen molar-refractivity contribution in [2.75, 3.05) is 12.4 Å². The fourth-order valence-electron chi connectivity index (χ4n) is 3.69. The summed E-state index contributed by atoms with van der Waals surface area (Å²) in [6.45, 7) is 1.57. The Kier molecular flexibility index (Phi) is 6.98. The van der Waals surface area contributed by atoms with E-state index in [-0.39, 0.29) is 34.3 Å². The predicted octanol–water partition coefficient (Wildman–Crippen LogP) is 4.11. The highest BCUT2D eigenvalue weighted by Crippen LogP contribution is 2.34. The summed E-state index contributed by atoms with van der Waals surface area (Å²) in [5, 5.41) is 9.08. The van der Waals surface area contributed by atoms with Gasteiger partial charge in [0, 0.05) is 23.4 Å². The first-order valence-electron chi connectivity index (χ1n) is 9.87. The largest absolute Gasteiger partial charge is 0.396 e.